The van der Waals surface area contributed by atoms with Gasteiger partial charge < -0.3 is 9.47 Å². The van der Waals surface area contributed by atoms with E-state index in [1.807, 2.05) is 6.07 Å². The van der Waals surface area contributed by atoms with E-state index in [0.717, 1.165) is 17.9 Å². The molecule has 0 N–H and O–H groups in total. The van der Waals surface area contributed by atoms with Gasteiger partial charge in [-0.2, -0.15) is 0 Å². The maximum absolute atomic E-state index is 5.38. The number of benzene rings is 2. The monoisotopic (exact) mass is 332 g/mol. The van der Waals surface area contributed by atoms with Crippen LogP contribution >= 0.6 is 15.9 Å². The van der Waals surface area contributed by atoms with Crippen LogP contribution in [0.2, 0.25) is 0 Å². The zero-order chi connectivity index (χ0) is 14.1. The Labute approximate surface area is 127 Å². The Morgan fingerprint density at radius 3 is 2.50 bits per heavy atom. The van der Waals surface area contributed by atoms with Gasteiger partial charge in [0.25, 0.3) is 0 Å². The standard InChI is InChI=1S/C17H17BrO2/c1-19-15-8-7-12(10-16(15)20-2)17(18)14-9-11-5-3-4-6-13(11)14/h3-8,10,14,17H,9H2,1-2H3. The fourth-order valence-corrected chi connectivity index (χ4v) is 3.57. The molecule has 3 rings (SSSR count). The SMILES string of the molecule is COc1ccc(C(Br)C2Cc3ccccc32)cc1OC. The van der Waals surface area contributed by atoms with E-state index >= 15 is 0 Å². The minimum atomic E-state index is 0.303. The molecule has 104 valence electrons. The molecule has 2 aromatic carbocycles. The van der Waals surface area contributed by atoms with Gasteiger partial charge in [0.1, 0.15) is 0 Å². The van der Waals surface area contributed by atoms with E-state index in [4.69, 9.17) is 9.47 Å². The Morgan fingerprint density at radius 2 is 1.80 bits per heavy atom. The molecule has 2 nitrogen and oxygen atoms in total. The van der Waals surface area contributed by atoms with Crippen LogP contribution in [0.15, 0.2) is 42.5 Å². The van der Waals surface area contributed by atoms with Crippen LogP contribution < -0.4 is 9.47 Å². The summed E-state index contributed by atoms with van der Waals surface area (Å²) in [5.41, 5.74) is 4.13. The number of halogens is 1. The lowest BCUT2D eigenvalue weighted by molar-refractivity contribution is 0.354. The van der Waals surface area contributed by atoms with Crippen molar-refractivity contribution in [2.45, 2.75) is 17.2 Å². The zero-order valence-corrected chi connectivity index (χ0v) is 13.2. The molecule has 2 unspecified atom stereocenters. The molecule has 0 radical (unpaired) electrons. The Morgan fingerprint density at radius 1 is 1.05 bits per heavy atom. The fraction of sp³-hybridized carbons (Fsp3) is 0.294. The minimum Gasteiger partial charge on any atom is -0.493 e. The predicted molar refractivity (Wildman–Crippen MR) is 84.1 cm³/mol. The third kappa shape index (κ3) is 2.20. The molecule has 3 heteroatoms. The molecule has 0 bridgehead atoms. The molecular weight excluding hydrogens is 316 g/mol. The molecule has 20 heavy (non-hydrogen) atoms. The average Bonchev–Trinajstić information content (AvgIpc) is 2.47. The number of rotatable bonds is 4. The van der Waals surface area contributed by atoms with Crippen molar-refractivity contribution in [2.75, 3.05) is 14.2 Å². The van der Waals surface area contributed by atoms with Gasteiger partial charge in [0.15, 0.2) is 11.5 Å². The van der Waals surface area contributed by atoms with Gasteiger partial charge in [-0.15, -0.1) is 0 Å². The summed E-state index contributed by atoms with van der Waals surface area (Å²) in [5, 5.41) is 0. The van der Waals surface area contributed by atoms with Crippen LogP contribution in [0.1, 0.15) is 27.4 Å². The van der Waals surface area contributed by atoms with Crippen LogP contribution in [-0.2, 0) is 6.42 Å². The number of hydrogen-bond acceptors (Lipinski definition) is 2. The molecule has 0 amide bonds. The summed E-state index contributed by atoms with van der Waals surface area (Å²) < 4.78 is 10.7. The molecule has 0 saturated heterocycles. The van der Waals surface area contributed by atoms with Gasteiger partial charge in [-0.05, 0) is 35.2 Å². The van der Waals surface area contributed by atoms with E-state index in [2.05, 4.69) is 52.3 Å². The molecule has 2 aromatic rings. The summed E-state index contributed by atoms with van der Waals surface area (Å²) in [6.45, 7) is 0. The molecule has 0 aliphatic heterocycles. The number of alkyl halides is 1. The van der Waals surface area contributed by atoms with Crippen molar-refractivity contribution in [2.24, 2.45) is 0 Å². The Hall–Kier alpha value is -1.48. The smallest absolute Gasteiger partial charge is 0.161 e. The largest absolute Gasteiger partial charge is 0.493 e. The average molecular weight is 333 g/mol. The highest BCUT2D eigenvalue weighted by atomic mass is 79.9. The van der Waals surface area contributed by atoms with Crippen molar-refractivity contribution < 1.29 is 9.47 Å². The van der Waals surface area contributed by atoms with E-state index in [1.165, 1.54) is 16.7 Å². The molecule has 1 aliphatic carbocycles. The topological polar surface area (TPSA) is 18.5 Å². The molecule has 0 fully saturated rings. The summed E-state index contributed by atoms with van der Waals surface area (Å²) >= 11 is 3.85. The van der Waals surface area contributed by atoms with Crippen molar-refractivity contribution in [1.82, 2.24) is 0 Å². The van der Waals surface area contributed by atoms with Crippen LogP contribution in [0.3, 0.4) is 0 Å². The van der Waals surface area contributed by atoms with E-state index < -0.39 is 0 Å². The Balaban J connectivity index is 1.87. The zero-order valence-electron chi connectivity index (χ0n) is 11.6. The lowest BCUT2D eigenvalue weighted by Gasteiger charge is -2.34. The maximum atomic E-state index is 5.38. The first-order valence-corrected chi connectivity index (χ1v) is 7.60. The quantitative estimate of drug-likeness (QED) is 0.768. The van der Waals surface area contributed by atoms with Crippen molar-refractivity contribution in [1.29, 1.82) is 0 Å². The van der Waals surface area contributed by atoms with Gasteiger partial charge in [-0.25, -0.2) is 0 Å². The summed E-state index contributed by atoms with van der Waals surface area (Å²) in [6.07, 6.45) is 1.13. The lowest BCUT2D eigenvalue weighted by atomic mass is 9.74. The van der Waals surface area contributed by atoms with E-state index in [0.29, 0.717) is 10.7 Å². The van der Waals surface area contributed by atoms with Crippen molar-refractivity contribution in [3.63, 3.8) is 0 Å². The highest BCUT2D eigenvalue weighted by Gasteiger charge is 2.32. The summed E-state index contributed by atoms with van der Waals surface area (Å²) in [4.78, 5) is 0.303. The van der Waals surface area contributed by atoms with Crippen LogP contribution in [0.25, 0.3) is 0 Å². The maximum Gasteiger partial charge on any atom is 0.161 e. The second-order valence-corrected chi connectivity index (χ2v) is 6.01. The van der Waals surface area contributed by atoms with Gasteiger partial charge in [-0.3, -0.25) is 0 Å². The summed E-state index contributed by atoms with van der Waals surface area (Å²) in [5.74, 6) is 2.08. The highest BCUT2D eigenvalue weighted by molar-refractivity contribution is 9.09. The Bertz CT molecular complexity index is 624. The molecule has 0 aromatic heterocycles. The van der Waals surface area contributed by atoms with Gasteiger partial charge >= 0.3 is 0 Å². The normalized spacial score (nSPS) is 17.9. The summed E-state index contributed by atoms with van der Waals surface area (Å²) in [6, 6.07) is 14.8. The lowest BCUT2D eigenvalue weighted by Crippen LogP contribution is -2.20. The number of methoxy groups -OCH3 is 2. The first-order valence-electron chi connectivity index (χ1n) is 6.68. The van der Waals surface area contributed by atoms with E-state index in [9.17, 15) is 0 Å². The molecule has 2 atom stereocenters. The molecule has 1 aliphatic rings. The molecule has 0 saturated carbocycles. The van der Waals surface area contributed by atoms with E-state index in [1.54, 1.807) is 14.2 Å². The van der Waals surface area contributed by atoms with Crippen LogP contribution in [0, 0.1) is 0 Å². The van der Waals surface area contributed by atoms with Gasteiger partial charge in [0.2, 0.25) is 0 Å². The van der Waals surface area contributed by atoms with Crippen LogP contribution in [0.5, 0.6) is 11.5 Å². The Kier molecular flexibility index (Phi) is 3.70. The number of fused-ring (bicyclic) bond motifs is 1. The summed E-state index contributed by atoms with van der Waals surface area (Å²) in [7, 11) is 3.33. The molecule has 0 spiro atoms. The van der Waals surface area contributed by atoms with Gasteiger partial charge in [0.05, 0.1) is 14.2 Å². The van der Waals surface area contributed by atoms with Crippen LogP contribution in [-0.4, -0.2) is 14.2 Å². The first kappa shape index (κ1) is 13.5. The second-order valence-electron chi connectivity index (χ2n) is 5.03. The van der Waals surface area contributed by atoms with Crippen molar-refractivity contribution in [3.05, 3.63) is 59.2 Å². The van der Waals surface area contributed by atoms with E-state index in [-0.39, 0.29) is 0 Å². The van der Waals surface area contributed by atoms with Crippen molar-refractivity contribution in [3.8, 4) is 11.5 Å². The fourth-order valence-electron chi connectivity index (χ4n) is 2.82. The predicted octanol–water partition coefficient (Wildman–Crippen LogP) is 4.48. The third-order valence-corrected chi connectivity index (χ3v) is 5.14. The van der Waals surface area contributed by atoms with Crippen LogP contribution in [0.4, 0.5) is 0 Å². The third-order valence-electron chi connectivity index (χ3n) is 3.97. The number of hydrogen-bond donors (Lipinski definition) is 0. The first-order chi connectivity index (χ1) is 9.74. The highest BCUT2D eigenvalue weighted by Crippen LogP contribution is 2.48. The molecular formula is C17H17BrO2. The van der Waals surface area contributed by atoms with Gasteiger partial charge in [-0.1, -0.05) is 46.3 Å². The second kappa shape index (κ2) is 5.49. The number of ether oxygens (including phenoxy) is 2. The van der Waals surface area contributed by atoms with Gasteiger partial charge in [0, 0.05) is 10.7 Å². The van der Waals surface area contributed by atoms with Crippen molar-refractivity contribution >= 4 is 15.9 Å². The molecule has 0 heterocycles. The minimum absolute atomic E-state index is 0.303.